The van der Waals surface area contributed by atoms with E-state index in [2.05, 4.69) is 16.0 Å². The molecular formula is C23H44N6O7. The molecule has 4 atom stereocenters. The molecule has 0 aliphatic rings. The van der Waals surface area contributed by atoms with Gasteiger partial charge in [0.05, 0.1) is 6.04 Å². The first kappa shape index (κ1) is 33.2. The highest BCUT2D eigenvalue weighted by molar-refractivity contribution is 5.94. The van der Waals surface area contributed by atoms with Crippen molar-refractivity contribution in [2.24, 2.45) is 23.1 Å². The van der Waals surface area contributed by atoms with Crippen LogP contribution in [0.25, 0.3) is 0 Å². The molecule has 0 saturated heterocycles. The molecule has 13 nitrogen and oxygen atoms in total. The fraction of sp³-hybridized carbons (Fsp3) is 0.783. The number of amides is 3. The van der Waals surface area contributed by atoms with Gasteiger partial charge in [-0.3, -0.25) is 19.2 Å². The number of hydrogen-bond acceptors (Lipinski definition) is 8. The van der Waals surface area contributed by atoms with Crippen molar-refractivity contribution in [3.63, 3.8) is 0 Å². The number of nitrogens with one attached hydrogen (secondary N) is 3. The summed E-state index contributed by atoms with van der Waals surface area (Å²) in [6.07, 6.45) is 2.52. The summed E-state index contributed by atoms with van der Waals surface area (Å²) in [4.78, 5) is 60.8. The van der Waals surface area contributed by atoms with Crippen LogP contribution in [0.3, 0.4) is 0 Å². The van der Waals surface area contributed by atoms with Gasteiger partial charge in [-0.25, -0.2) is 4.79 Å². The van der Waals surface area contributed by atoms with Crippen molar-refractivity contribution in [3.8, 4) is 0 Å². The molecule has 0 heterocycles. The quantitative estimate of drug-likeness (QED) is 0.0919. The van der Waals surface area contributed by atoms with Crippen molar-refractivity contribution in [2.45, 2.75) is 95.8 Å². The molecule has 0 spiro atoms. The molecule has 36 heavy (non-hydrogen) atoms. The van der Waals surface area contributed by atoms with Gasteiger partial charge in [0, 0.05) is 6.42 Å². The lowest BCUT2D eigenvalue weighted by molar-refractivity contribution is -0.142. The number of nitrogens with two attached hydrogens (primary N) is 3. The van der Waals surface area contributed by atoms with Crippen LogP contribution in [0.2, 0.25) is 0 Å². The Morgan fingerprint density at radius 2 is 1.17 bits per heavy atom. The zero-order valence-electron chi connectivity index (χ0n) is 21.3. The van der Waals surface area contributed by atoms with Crippen molar-refractivity contribution in [2.75, 3.05) is 13.1 Å². The lowest BCUT2D eigenvalue weighted by atomic mass is 10.0. The Morgan fingerprint density at radius 3 is 1.64 bits per heavy atom. The van der Waals surface area contributed by atoms with Crippen LogP contribution in [0.1, 0.15) is 71.6 Å². The van der Waals surface area contributed by atoms with Crippen molar-refractivity contribution >= 4 is 29.7 Å². The Balaban J connectivity index is 5.46. The monoisotopic (exact) mass is 516 g/mol. The van der Waals surface area contributed by atoms with Gasteiger partial charge in [-0.2, -0.15) is 0 Å². The van der Waals surface area contributed by atoms with Crippen LogP contribution >= 0.6 is 0 Å². The second kappa shape index (κ2) is 18.5. The summed E-state index contributed by atoms with van der Waals surface area (Å²) in [7, 11) is 0. The van der Waals surface area contributed by atoms with Gasteiger partial charge >= 0.3 is 11.9 Å². The summed E-state index contributed by atoms with van der Waals surface area (Å²) < 4.78 is 0. The molecule has 0 rings (SSSR count). The predicted octanol–water partition coefficient (Wildman–Crippen LogP) is -0.978. The maximum absolute atomic E-state index is 13.1. The van der Waals surface area contributed by atoms with Crippen LogP contribution in [0, 0.1) is 5.92 Å². The van der Waals surface area contributed by atoms with Crippen molar-refractivity contribution in [1.82, 2.24) is 16.0 Å². The molecule has 0 radical (unpaired) electrons. The second-order valence-corrected chi connectivity index (χ2v) is 9.26. The van der Waals surface area contributed by atoms with Gasteiger partial charge in [0.25, 0.3) is 0 Å². The van der Waals surface area contributed by atoms with Crippen LogP contribution in [0.5, 0.6) is 0 Å². The fourth-order valence-corrected chi connectivity index (χ4v) is 3.45. The van der Waals surface area contributed by atoms with Crippen LogP contribution in [0.4, 0.5) is 0 Å². The Labute approximate surface area is 212 Å². The molecule has 0 aliphatic carbocycles. The van der Waals surface area contributed by atoms with E-state index < -0.39 is 53.8 Å². The zero-order chi connectivity index (χ0) is 27.7. The fourth-order valence-electron chi connectivity index (χ4n) is 3.45. The summed E-state index contributed by atoms with van der Waals surface area (Å²) in [5.74, 6) is -4.22. The zero-order valence-corrected chi connectivity index (χ0v) is 21.3. The number of carbonyl (C=O) groups is 5. The van der Waals surface area contributed by atoms with E-state index in [4.69, 9.17) is 22.3 Å². The number of carbonyl (C=O) groups excluding carboxylic acids is 3. The van der Waals surface area contributed by atoms with Gasteiger partial charge in [-0.1, -0.05) is 13.8 Å². The maximum atomic E-state index is 13.1. The lowest BCUT2D eigenvalue weighted by Gasteiger charge is -2.26. The third-order valence-electron chi connectivity index (χ3n) is 5.49. The van der Waals surface area contributed by atoms with Gasteiger partial charge in [-0.15, -0.1) is 0 Å². The average molecular weight is 517 g/mol. The first-order valence-corrected chi connectivity index (χ1v) is 12.4. The first-order valence-electron chi connectivity index (χ1n) is 12.4. The smallest absolute Gasteiger partial charge is 0.326 e. The van der Waals surface area contributed by atoms with E-state index in [1.165, 1.54) is 0 Å². The molecule has 0 bridgehead atoms. The molecule has 0 aliphatic heterocycles. The minimum atomic E-state index is -1.19. The SMILES string of the molecule is CC(C)CC(NC(=O)C(N)CCC(=O)O)C(=O)NC(CCCCN)C(=O)NC(CCCCN)C(=O)O. The summed E-state index contributed by atoms with van der Waals surface area (Å²) in [5, 5.41) is 25.9. The number of rotatable bonds is 20. The third kappa shape index (κ3) is 14.6. The van der Waals surface area contributed by atoms with E-state index in [0.29, 0.717) is 38.8 Å². The molecule has 208 valence electrons. The van der Waals surface area contributed by atoms with E-state index in [1.54, 1.807) is 0 Å². The van der Waals surface area contributed by atoms with Gasteiger partial charge in [-0.05, 0) is 70.4 Å². The van der Waals surface area contributed by atoms with E-state index in [1.807, 2.05) is 13.8 Å². The minimum Gasteiger partial charge on any atom is -0.481 e. The minimum absolute atomic E-state index is 0.000234. The first-order chi connectivity index (χ1) is 16.9. The summed E-state index contributed by atoms with van der Waals surface area (Å²) in [5.41, 5.74) is 16.8. The maximum Gasteiger partial charge on any atom is 0.326 e. The molecule has 0 saturated carbocycles. The van der Waals surface area contributed by atoms with Gasteiger partial charge in [0.2, 0.25) is 17.7 Å². The molecule has 4 unspecified atom stereocenters. The number of carboxylic acids is 2. The average Bonchev–Trinajstić information content (AvgIpc) is 2.80. The van der Waals surface area contributed by atoms with Gasteiger partial charge < -0.3 is 43.4 Å². The molecular weight excluding hydrogens is 472 g/mol. The Morgan fingerprint density at radius 1 is 0.694 bits per heavy atom. The Bertz CT molecular complexity index is 719. The lowest BCUT2D eigenvalue weighted by Crippen LogP contribution is -2.57. The largest absolute Gasteiger partial charge is 0.481 e. The van der Waals surface area contributed by atoms with E-state index in [0.717, 1.165) is 0 Å². The Kier molecular flexibility index (Phi) is 17.1. The van der Waals surface area contributed by atoms with Crippen LogP contribution in [-0.2, 0) is 24.0 Å². The highest BCUT2D eigenvalue weighted by Gasteiger charge is 2.30. The van der Waals surface area contributed by atoms with Crippen molar-refractivity contribution < 1.29 is 34.2 Å². The van der Waals surface area contributed by atoms with Crippen molar-refractivity contribution in [3.05, 3.63) is 0 Å². The highest BCUT2D eigenvalue weighted by Crippen LogP contribution is 2.09. The van der Waals surface area contributed by atoms with Crippen LogP contribution in [-0.4, -0.2) is 77.1 Å². The second-order valence-electron chi connectivity index (χ2n) is 9.26. The van der Waals surface area contributed by atoms with E-state index in [9.17, 15) is 29.1 Å². The summed E-state index contributed by atoms with van der Waals surface area (Å²) >= 11 is 0. The van der Waals surface area contributed by atoms with Crippen LogP contribution in [0.15, 0.2) is 0 Å². The summed E-state index contributed by atoms with van der Waals surface area (Å²) in [6.45, 7) is 4.49. The topological polar surface area (TPSA) is 240 Å². The standard InChI is InChI=1S/C23H44N6O7/c1-14(2)13-18(29-20(32)15(26)9-10-19(30)31)22(34)27-16(7-3-5-11-24)21(33)28-17(23(35)36)8-4-6-12-25/h14-18H,3-13,24-26H2,1-2H3,(H,27,34)(H,28,33)(H,29,32)(H,30,31)(H,35,36). The van der Waals surface area contributed by atoms with Crippen molar-refractivity contribution in [1.29, 1.82) is 0 Å². The molecule has 0 aromatic heterocycles. The van der Waals surface area contributed by atoms with E-state index in [-0.39, 0.29) is 38.0 Å². The van der Waals surface area contributed by atoms with Gasteiger partial charge in [0.1, 0.15) is 18.1 Å². The molecule has 3 amide bonds. The third-order valence-corrected chi connectivity index (χ3v) is 5.49. The number of hydrogen-bond donors (Lipinski definition) is 8. The molecule has 11 N–H and O–H groups in total. The Hall–Kier alpha value is -2.77. The molecule has 13 heteroatoms. The van der Waals surface area contributed by atoms with E-state index >= 15 is 0 Å². The number of aliphatic carboxylic acids is 2. The molecule has 0 aromatic rings. The number of carboxylic acid groups (broad SMARTS) is 2. The highest BCUT2D eigenvalue weighted by atomic mass is 16.4. The predicted molar refractivity (Wildman–Crippen MR) is 134 cm³/mol. The van der Waals surface area contributed by atoms with Gasteiger partial charge in [0.15, 0.2) is 0 Å². The normalized spacial score (nSPS) is 14.4. The summed E-state index contributed by atoms with van der Waals surface area (Å²) in [6, 6.07) is -4.29. The molecule has 0 aromatic carbocycles. The van der Waals surface area contributed by atoms with Crippen LogP contribution < -0.4 is 33.2 Å². The molecule has 0 fully saturated rings. The number of unbranched alkanes of at least 4 members (excludes halogenated alkanes) is 2.